The molecule has 2 rings (SSSR count). The van der Waals surface area contributed by atoms with Gasteiger partial charge in [0.2, 0.25) is 5.91 Å². The number of ether oxygens (including phenoxy) is 1. The fraction of sp³-hybridized carbons (Fsp3) is 0.417. The summed E-state index contributed by atoms with van der Waals surface area (Å²) in [5.74, 6) is -0.272. The molecule has 0 radical (unpaired) electrons. The molecule has 0 spiro atoms. The van der Waals surface area contributed by atoms with E-state index in [1.165, 1.54) is 17.0 Å². The van der Waals surface area contributed by atoms with Gasteiger partial charge >= 0.3 is 0 Å². The zero-order chi connectivity index (χ0) is 22.3. The summed E-state index contributed by atoms with van der Waals surface area (Å²) in [5, 5.41) is 2.74. The van der Waals surface area contributed by atoms with Gasteiger partial charge in [0.25, 0.3) is 5.91 Å². The highest BCUT2D eigenvalue weighted by Gasteiger charge is 2.27. The number of carbonyl (C=O) groups excluding carboxylic acids is 2. The minimum atomic E-state index is -0.691. The Labute approximate surface area is 178 Å². The van der Waals surface area contributed by atoms with E-state index >= 15 is 0 Å². The summed E-state index contributed by atoms with van der Waals surface area (Å²) in [4.78, 5) is 26.9. The molecule has 0 fully saturated rings. The molecule has 162 valence electrons. The molecule has 1 N–H and O–H groups in total. The van der Waals surface area contributed by atoms with E-state index in [1.54, 1.807) is 19.1 Å². The Bertz CT molecular complexity index is 859. The fourth-order valence-electron chi connectivity index (χ4n) is 3.13. The Balaban J connectivity index is 2.20. The normalized spacial score (nSPS) is 12.2. The first kappa shape index (κ1) is 23.4. The van der Waals surface area contributed by atoms with Crippen LogP contribution >= 0.6 is 0 Å². The topological polar surface area (TPSA) is 58.6 Å². The van der Waals surface area contributed by atoms with E-state index < -0.39 is 6.04 Å². The molecule has 30 heavy (non-hydrogen) atoms. The quantitative estimate of drug-likeness (QED) is 0.709. The SMILES string of the molecule is CCNC(=O)[C@H](C)N(Cc1ccc(F)cc1)C(=O)COc1ccccc1C(C)(C)C. The molecule has 2 amide bonds. The average molecular weight is 415 g/mol. The third-order valence-corrected chi connectivity index (χ3v) is 4.83. The summed E-state index contributed by atoms with van der Waals surface area (Å²) < 4.78 is 19.1. The highest BCUT2D eigenvalue weighted by Crippen LogP contribution is 2.31. The molecule has 2 aromatic rings. The van der Waals surface area contributed by atoms with Gasteiger partial charge in [0.1, 0.15) is 17.6 Å². The largest absolute Gasteiger partial charge is 0.483 e. The maximum absolute atomic E-state index is 13.2. The Morgan fingerprint density at radius 2 is 1.73 bits per heavy atom. The van der Waals surface area contributed by atoms with Crippen molar-refractivity contribution in [3.05, 3.63) is 65.5 Å². The van der Waals surface area contributed by atoms with Crippen molar-refractivity contribution < 1.29 is 18.7 Å². The predicted molar refractivity (Wildman–Crippen MR) is 116 cm³/mol. The molecule has 2 aromatic carbocycles. The number of nitrogens with one attached hydrogen (secondary N) is 1. The average Bonchev–Trinajstić information content (AvgIpc) is 2.70. The molecular formula is C24H31FN2O3. The molecule has 0 aromatic heterocycles. The van der Waals surface area contributed by atoms with Crippen LogP contribution in [-0.4, -0.2) is 35.9 Å². The van der Waals surface area contributed by atoms with Gasteiger partial charge in [-0.15, -0.1) is 0 Å². The first-order chi connectivity index (χ1) is 14.1. The Morgan fingerprint density at radius 3 is 2.33 bits per heavy atom. The number of benzene rings is 2. The molecule has 0 aliphatic carbocycles. The van der Waals surface area contributed by atoms with Crippen LogP contribution in [0.2, 0.25) is 0 Å². The summed E-state index contributed by atoms with van der Waals surface area (Å²) >= 11 is 0. The standard InChI is InChI=1S/C24H31FN2O3/c1-6-26-23(29)17(2)27(15-18-11-13-19(25)14-12-18)22(28)16-30-21-10-8-7-9-20(21)24(3,4)5/h7-14,17H,6,15-16H2,1-5H3,(H,26,29)/t17-/m0/s1. The number of likely N-dealkylation sites (N-methyl/N-ethyl adjacent to an activating group) is 1. The second kappa shape index (κ2) is 10.2. The van der Waals surface area contributed by atoms with Crippen LogP contribution in [0.4, 0.5) is 4.39 Å². The van der Waals surface area contributed by atoms with Crippen LogP contribution in [0.25, 0.3) is 0 Å². The van der Waals surface area contributed by atoms with Crippen LogP contribution in [-0.2, 0) is 21.5 Å². The maximum Gasteiger partial charge on any atom is 0.261 e. The van der Waals surface area contributed by atoms with Gasteiger partial charge in [-0.1, -0.05) is 51.1 Å². The van der Waals surface area contributed by atoms with Gasteiger partial charge in [-0.05, 0) is 48.6 Å². The number of amides is 2. The summed E-state index contributed by atoms with van der Waals surface area (Å²) in [6, 6.07) is 12.8. The van der Waals surface area contributed by atoms with Gasteiger partial charge in [-0.2, -0.15) is 0 Å². The van der Waals surface area contributed by atoms with Gasteiger partial charge < -0.3 is 15.0 Å². The van der Waals surface area contributed by atoms with Crippen LogP contribution in [0.3, 0.4) is 0 Å². The van der Waals surface area contributed by atoms with Crippen molar-refractivity contribution in [1.82, 2.24) is 10.2 Å². The lowest BCUT2D eigenvalue weighted by Crippen LogP contribution is -2.49. The molecule has 6 heteroatoms. The molecule has 0 saturated heterocycles. The zero-order valence-electron chi connectivity index (χ0n) is 18.4. The number of carbonyl (C=O) groups is 2. The van der Waals surface area contributed by atoms with Crippen molar-refractivity contribution in [3.8, 4) is 5.75 Å². The van der Waals surface area contributed by atoms with Crippen LogP contribution in [0.15, 0.2) is 48.5 Å². The van der Waals surface area contributed by atoms with Crippen LogP contribution in [0.5, 0.6) is 5.75 Å². The second-order valence-corrected chi connectivity index (χ2v) is 8.25. The highest BCUT2D eigenvalue weighted by atomic mass is 19.1. The summed E-state index contributed by atoms with van der Waals surface area (Å²) in [6.45, 7) is 10.2. The highest BCUT2D eigenvalue weighted by molar-refractivity contribution is 5.87. The van der Waals surface area contributed by atoms with E-state index in [9.17, 15) is 14.0 Å². The van der Waals surface area contributed by atoms with Crippen molar-refractivity contribution in [1.29, 1.82) is 0 Å². The number of hydrogen-bond donors (Lipinski definition) is 1. The molecule has 0 heterocycles. The van der Waals surface area contributed by atoms with Crippen molar-refractivity contribution in [2.24, 2.45) is 0 Å². The lowest BCUT2D eigenvalue weighted by Gasteiger charge is -2.29. The van der Waals surface area contributed by atoms with Crippen LogP contribution in [0, 0.1) is 5.82 Å². The van der Waals surface area contributed by atoms with E-state index in [0.29, 0.717) is 12.3 Å². The molecule has 0 saturated carbocycles. The first-order valence-electron chi connectivity index (χ1n) is 10.2. The minimum Gasteiger partial charge on any atom is -0.483 e. The van der Waals surface area contributed by atoms with Gasteiger partial charge in [0.05, 0.1) is 0 Å². The molecule has 0 aliphatic heterocycles. The van der Waals surface area contributed by atoms with E-state index in [1.807, 2.05) is 31.2 Å². The maximum atomic E-state index is 13.2. The summed E-state index contributed by atoms with van der Waals surface area (Å²) in [5.41, 5.74) is 1.59. The van der Waals surface area contributed by atoms with Gasteiger partial charge in [-0.25, -0.2) is 4.39 Å². The Kier molecular flexibility index (Phi) is 7.98. The van der Waals surface area contributed by atoms with Crippen molar-refractivity contribution in [3.63, 3.8) is 0 Å². The molecule has 0 unspecified atom stereocenters. The zero-order valence-corrected chi connectivity index (χ0v) is 18.4. The number of rotatable bonds is 8. The molecule has 1 atom stereocenters. The number of halogens is 1. The third kappa shape index (κ3) is 6.31. The summed E-state index contributed by atoms with van der Waals surface area (Å²) in [6.07, 6.45) is 0. The molecule has 0 bridgehead atoms. The van der Waals surface area contributed by atoms with Crippen molar-refractivity contribution >= 4 is 11.8 Å². The third-order valence-electron chi connectivity index (χ3n) is 4.83. The van der Waals surface area contributed by atoms with Crippen molar-refractivity contribution in [2.75, 3.05) is 13.2 Å². The van der Waals surface area contributed by atoms with E-state index in [2.05, 4.69) is 26.1 Å². The number of nitrogens with zero attached hydrogens (tertiary/aromatic N) is 1. The number of hydrogen-bond acceptors (Lipinski definition) is 3. The van der Waals surface area contributed by atoms with Gasteiger partial charge in [0.15, 0.2) is 6.61 Å². The van der Waals surface area contributed by atoms with Gasteiger partial charge in [-0.3, -0.25) is 9.59 Å². The van der Waals surface area contributed by atoms with E-state index in [-0.39, 0.29) is 36.2 Å². The molecular weight excluding hydrogens is 383 g/mol. The summed E-state index contributed by atoms with van der Waals surface area (Å²) in [7, 11) is 0. The van der Waals surface area contributed by atoms with E-state index in [0.717, 1.165) is 11.1 Å². The predicted octanol–water partition coefficient (Wildman–Crippen LogP) is 4.06. The monoisotopic (exact) mass is 414 g/mol. The first-order valence-corrected chi connectivity index (χ1v) is 10.2. The fourth-order valence-corrected chi connectivity index (χ4v) is 3.13. The molecule has 5 nitrogen and oxygen atoms in total. The van der Waals surface area contributed by atoms with Crippen LogP contribution < -0.4 is 10.1 Å². The smallest absolute Gasteiger partial charge is 0.261 e. The van der Waals surface area contributed by atoms with Crippen LogP contribution in [0.1, 0.15) is 45.7 Å². The van der Waals surface area contributed by atoms with E-state index in [4.69, 9.17) is 4.74 Å². The second-order valence-electron chi connectivity index (χ2n) is 8.25. The Morgan fingerprint density at radius 1 is 1.10 bits per heavy atom. The lowest BCUT2D eigenvalue weighted by atomic mass is 9.86. The Hall–Kier alpha value is -2.89. The number of para-hydroxylation sites is 1. The van der Waals surface area contributed by atoms with Crippen molar-refractivity contribution in [2.45, 2.75) is 52.6 Å². The molecule has 0 aliphatic rings. The van der Waals surface area contributed by atoms with Gasteiger partial charge in [0, 0.05) is 13.1 Å². The lowest BCUT2D eigenvalue weighted by molar-refractivity contribution is -0.142. The minimum absolute atomic E-state index is 0.137.